The molecule has 2 heteroatoms. The molecule has 0 N–H and O–H groups in total. The van der Waals surface area contributed by atoms with Gasteiger partial charge in [0.15, 0.2) is 0 Å². The van der Waals surface area contributed by atoms with Gasteiger partial charge in [-0.15, -0.1) is 0 Å². The molecule has 78 valence electrons. The first kappa shape index (κ1) is 12.0. The lowest BCUT2D eigenvalue weighted by Crippen LogP contribution is -3.00. The molecular weight excluding hydrogens is 285 g/mol. The van der Waals surface area contributed by atoms with Crippen molar-refractivity contribution >= 4 is 0 Å². The highest BCUT2D eigenvalue weighted by molar-refractivity contribution is 5.13. The van der Waals surface area contributed by atoms with Gasteiger partial charge in [-0.25, -0.2) is 0 Å². The van der Waals surface area contributed by atoms with Gasteiger partial charge in [-0.3, -0.25) is 0 Å². The number of hydrogen-bond donors (Lipinski definition) is 0. The maximum absolute atomic E-state index is 2.38. The van der Waals surface area contributed by atoms with Crippen molar-refractivity contribution < 1.29 is 28.5 Å². The number of hydrogen-bond acceptors (Lipinski definition) is 0. The summed E-state index contributed by atoms with van der Waals surface area (Å²) in [6.45, 7) is 3.92. The highest BCUT2D eigenvalue weighted by atomic mass is 127. The van der Waals surface area contributed by atoms with E-state index in [1.54, 1.807) is 0 Å². The normalized spacial score (nSPS) is 18.9. The molecule has 0 aromatic heterocycles. The van der Waals surface area contributed by atoms with Gasteiger partial charge < -0.3 is 28.5 Å². The fourth-order valence-electron chi connectivity index (χ4n) is 2.28. The summed E-state index contributed by atoms with van der Waals surface area (Å²) in [4.78, 5) is 0. The Balaban J connectivity index is 0.000000980. The van der Waals surface area contributed by atoms with Gasteiger partial charge in [0.05, 0.1) is 20.1 Å². The van der Waals surface area contributed by atoms with Crippen LogP contribution in [-0.4, -0.2) is 24.6 Å². The molecule has 0 unspecified atom stereocenters. The van der Waals surface area contributed by atoms with E-state index >= 15 is 0 Å². The smallest absolute Gasteiger partial charge is 0.104 e. The zero-order valence-electron chi connectivity index (χ0n) is 8.75. The maximum atomic E-state index is 2.38. The molecular formula is C12H18IN. The molecule has 0 spiro atoms. The Bertz CT molecular complexity index is 265. The van der Waals surface area contributed by atoms with E-state index in [2.05, 4.69) is 37.4 Å². The van der Waals surface area contributed by atoms with Crippen molar-refractivity contribution in [2.45, 2.75) is 19.4 Å². The summed E-state index contributed by atoms with van der Waals surface area (Å²) in [7, 11) is 2.38. The van der Waals surface area contributed by atoms with Gasteiger partial charge in [0.2, 0.25) is 0 Å². The topological polar surface area (TPSA) is 0 Å². The van der Waals surface area contributed by atoms with Gasteiger partial charge >= 0.3 is 0 Å². The Morgan fingerprint density at radius 3 is 2.21 bits per heavy atom. The first-order valence-corrected chi connectivity index (χ1v) is 5.16. The van der Waals surface area contributed by atoms with E-state index < -0.39 is 0 Å². The quantitative estimate of drug-likeness (QED) is 0.507. The predicted molar refractivity (Wildman–Crippen MR) is 55.3 cm³/mol. The highest BCUT2D eigenvalue weighted by Crippen LogP contribution is 2.20. The number of benzene rings is 1. The van der Waals surface area contributed by atoms with Crippen LogP contribution in [0, 0.1) is 0 Å². The first-order valence-electron chi connectivity index (χ1n) is 5.16. The summed E-state index contributed by atoms with van der Waals surface area (Å²) in [5, 5.41) is 0. The van der Waals surface area contributed by atoms with Gasteiger partial charge in [-0.2, -0.15) is 0 Å². The lowest BCUT2D eigenvalue weighted by molar-refractivity contribution is -0.910. The summed E-state index contributed by atoms with van der Waals surface area (Å²) >= 11 is 0. The second kappa shape index (κ2) is 5.12. The van der Waals surface area contributed by atoms with Crippen LogP contribution >= 0.6 is 0 Å². The molecule has 0 amide bonds. The lowest BCUT2D eigenvalue weighted by atomic mass is 10.2. The summed E-state index contributed by atoms with van der Waals surface area (Å²) in [6.07, 6.45) is 2.81. The van der Waals surface area contributed by atoms with E-state index in [1.165, 1.54) is 42.5 Å². The van der Waals surface area contributed by atoms with Crippen LogP contribution in [0.5, 0.6) is 0 Å². The van der Waals surface area contributed by atoms with Crippen molar-refractivity contribution in [3.63, 3.8) is 0 Å². The van der Waals surface area contributed by atoms with Gasteiger partial charge in [-0.05, 0) is 0 Å². The largest absolute Gasteiger partial charge is 1.00 e. The van der Waals surface area contributed by atoms with Gasteiger partial charge in [0.25, 0.3) is 0 Å². The highest BCUT2D eigenvalue weighted by Gasteiger charge is 2.26. The molecule has 1 saturated heterocycles. The van der Waals surface area contributed by atoms with Crippen molar-refractivity contribution in [3.05, 3.63) is 35.9 Å². The van der Waals surface area contributed by atoms with Crippen LogP contribution in [0.15, 0.2) is 30.3 Å². The summed E-state index contributed by atoms with van der Waals surface area (Å²) in [6, 6.07) is 10.8. The average Bonchev–Trinajstić information content (AvgIpc) is 2.54. The molecule has 2 rings (SSSR count). The van der Waals surface area contributed by atoms with Gasteiger partial charge in [0, 0.05) is 18.4 Å². The fraction of sp³-hybridized carbons (Fsp3) is 0.500. The SMILES string of the molecule is C[N+]1(Cc2ccccc2)CCCC1.[I-]. The van der Waals surface area contributed by atoms with E-state index in [0.29, 0.717) is 0 Å². The zero-order chi connectivity index (χ0) is 9.15. The molecule has 14 heavy (non-hydrogen) atoms. The van der Waals surface area contributed by atoms with Crippen LogP contribution in [0.2, 0.25) is 0 Å². The third-order valence-electron chi connectivity index (χ3n) is 3.05. The molecule has 0 bridgehead atoms. The van der Waals surface area contributed by atoms with Crippen LogP contribution in [0.1, 0.15) is 18.4 Å². The Labute approximate surface area is 104 Å². The second-order valence-corrected chi connectivity index (χ2v) is 4.42. The molecule has 0 atom stereocenters. The van der Waals surface area contributed by atoms with Crippen molar-refractivity contribution in [2.75, 3.05) is 20.1 Å². The average molecular weight is 303 g/mol. The minimum Gasteiger partial charge on any atom is -1.00 e. The summed E-state index contributed by atoms with van der Waals surface area (Å²) in [5.74, 6) is 0. The van der Waals surface area contributed by atoms with Gasteiger partial charge in [-0.1, -0.05) is 30.3 Å². The number of nitrogens with zero attached hydrogens (tertiary/aromatic N) is 1. The Morgan fingerprint density at radius 1 is 1.07 bits per heavy atom. The predicted octanol–water partition coefficient (Wildman–Crippen LogP) is -0.569. The second-order valence-electron chi connectivity index (χ2n) is 4.42. The molecule has 1 heterocycles. The summed E-state index contributed by atoms with van der Waals surface area (Å²) < 4.78 is 1.24. The number of rotatable bonds is 2. The Kier molecular flexibility index (Phi) is 4.38. The van der Waals surface area contributed by atoms with Crippen LogP contribution < -0.4 is 24.0 Å². The van der Waals surface area contributed by atoms with E-state index in [9.17, 15) is 0 Å². The molecule has 1 aromatic carbocycles. The van der Waals surface area contributed by atoms with Crippen LogP contribution in [0.4, 0.5) is 0 Å². The number of halogens is 1. The van der Waals surface area contributed by atoms with Crippen LogP contribution in [0.3, 0.4) is 0 Å². The maximum Gasteiger partial charge on any atom is 0.104 e. The van der Waals surface area contributed by atoms with E-state index in [-0.39, 0.29) is 24.0 Å². The number of quaternary nitrogens is 1. The van der Waals surface area contributed by atoms with Crippen molar-refractivity contribution in [3.8, 4) is 0 Å². The third-order valence-corrected chi connectivity index (χ3v) is 3.05. The lowest BCUT2D eigenvalue weighted by Gasteiger charge is -2.29. The van der Waals surface area contributed by atoms with Crippen molar-refractivity contribution in [2.24, 2.45) is 0 Å². The van der Waals surface area contributed by atoms with E-state index in [1.807, 2.05) is 0 Å². The van der Waals surface area contributed by atoms with Crippen molar-refractivity contribution in [1.29, 1.82) is 0 Å². The first-order chi connectivity index (χ1) is 6.29. The Morgan fingerprint density at radius 2 is 1.64 bits per heavy atom. The monoisotopic (exact) mass is 303 g/mol. The van der Waals surface area contributed by atoms with Crippen molar-refractivity contribution in [1.82, 2.24) is 0 Å². The Hall–Kier alpha value is -0.0900. The number of likely N-dealkylation sites (tertiary alicyclic amines) is 1. The standard InChI is InChI=1S/C12H18N.HI/c1-13(9-5-6-10-13)11-12-7-3-2-4-8-12;/h2-4,7-8H,5-6,9-11H2,1H3;1H/q+1;/p-1. The minimum absolute atomic E-state index is 0. The third kappa shape index (κ3) is 2.95. The molecule has 1 aliphatic rings. The minimum atomic E-state index is 0. The van der Waals surface area contributed by atoms with Gasteiger partial charge in [0.1, 0.15) is 6.54 Å². The molecule has 0 radical (unpaired) electrons. The molecule has 1 aromatic rings. The van der Waals surface area contributed by atoms with Crippen LogP contribution in [-0.2, 0) is 6.54 Å². The molecule has 1 fully saturated rings. The molecule has 1 aliphatic heterocycles. The fourth-order valence-corrected chi connectivity index (χ4v) is 2.28. The molecule has 0 aliphatic carbocycles. The molecule has 0 saturated carbocycles. The van der Waals surface area contributed by atoms with E-state index in [0.717, 1.165) is 0 Å². The molecule has 1 nitrogen and oxygen atoms in total. The van der Waals surface area contributed by atoms with Crippen LogP contribution in [0.25, 0.3) is 0 Å². The summed E-state index contributed by atoms with van der Waals surface area (Å²) in [5.41, 5.74) is 1.48. The van der Waals surface area contributed by atoms with E-state index in [4.69, 9.17) is 0 Å². The zero-order valence-corrected chi connectivity index (χ0v) is 10.9.